The number of carboxylic acid groups (broad SMARTS) is 1. The van der Waals surface area contributed by atoms with Crippen molar-refractivity contribution >= 4 is 29.7 Å². The quantitative estimate of drug-likeness (QED) is 0.129. The highest BCUT2D eigenvalue weighted by Gasteiger charge is 2.23. The topological polar surface area (TPSA) is 186 Å². The fraction of sp³-hybridized carbons (Fsp3) is 0.593. The van der Waals surface area contributed by atoms with Crippen molar-refractivity contribution in [3.8, 4) is 0 Å². The van der Waals surface area contributed by atoms with E-state index >= 15 is 0 Å². The molecule has 2 atom stereocenters. The zero-order valence-electron chi connectivity index (χ0n) is 23.0. The lowest BCUT2D eigenvalue weighted by atomic mass is 10.1. The summed E-state index contributed by atoms with van der Waals surface area (Å²) in [6.07, 6.45) is 2.49. The van der Waals surface area contributed by atoms with Crippen LogP contribution in [-0.2, 0) is 39.9 Å². The molecule has 218 valence electrons. The monoisotopic (exact) mass is 550 g/mol. The Bertz CT molecular complexity index is 933. The number of carbonyl (C=O) groups excluding carboxylic acids is 4. The number of unbranched alkanes of at least 4 members (excludes halogenated alkanes) is 2. The Labute approximate surface area is 229 Å². The van der Waals surface area contributed by atoms with Gasteiger partial charge in [-0.15, -0.1) is 0 Å². The van der Waals surface area contributed by atoms with Crippen LogP contribution in [-0.4, -0.2) is 78.8 Å². The number of benzene rings is 1. The van der Waals surface area contributed by atoms with Crippen LogP contribution >= 0.6 is 0 Å². The summed E-state index contributed by atoms with van der Waals surface area (Å²) in [5.74, 6) is -3.27. The highest BCUT2D eigenvalue weighted by Crippen LogP contribution is 2.10. The van der Waals surface area contributed by atoms with E-state index in [1.807, 2.05) is 0 Å². The molecule has 0 aromatic heterocycles. The second kappa shape index (κ2) is 17.9. The van der Waals surface area contributed by atoms with Crippen LogP contribution < -0.4 is 21.7 Å². The lowest BCUT2D eigenvalue weighted by molar-refractivity contribution is -0.155. The molecule has 12 heteroatoms. The van der Waals surface area contributed by atoms with Gasteiger partial charge in [0.15, 0.2) is 0 Å². The van der Waals surface area contributed by atoms with E-state index in [1.165, 1.54) is 0 Å². The Morgan fingerprint density at radius 2 is 1.64 bits per heavy atom. The Balaban J connectivity index is 2.51. The first-order valence-corrected chi connectivity index (χ1v) is 13.0. The van der Waals surface area contributed by atoms with Gasteiger partial charge in [0.1, 0.15) is 18.2 Å². The van der Waals surface area contributed by atoms with Crippen molar-refractivity contribution in [1.29, 1.82) is 0 Å². The van der Waals surface area contributed by atoms with E-state index in [-0.39, 0.29) is 31.8 Å². The molecule has 0 fully saturated rings. The van der Waals surface area contributed by atoms with Gasteiger partial charge >= 0.3 is 11.9 Å². The molecule has 3 amide bonds. The lowest BCUT2D eigenvalue weighted by Gasteiger charge is -2.23. The maximum absolute atomic E-state index is 12.3. The summed E-state index contributed by atoms with van der Waals surface area (Å²) < 4.78 is 10.7. The molecule has 12 nitrogen and oxygen atoms in total. The van der Waals surface area contributed by atoms with Gasteiger partial charge in [-0.25, -0.2) is 4.79 Å². The van der Waals surface area contributed by atoms with Gasteiger partial charge in [0.25, 0.3) is 0 Å². The van der Waals surface area contributed by atoms with E-state index in [2.05, 4.69) is 16.0 Å². The van der Waals surface area contributed by atoms with Gasteiger partial charge in [0, 0.05) is 12.8 Å². The van der Waals surface area contributed by atoms with Gasteiger partial charge in [0.2, 0.25) is 17.7 Å². The van der Waals surface area contributed by atoms with E-state index in [0.717, 1.165) is 18.4 Å². The summed E-state index contributed by atoms with van der Waals surface area (Å²) in [7, 11) is 0. The second-order valence-electron chi connectivity index (χ2n) is 10.1. The average molecular weight is 551 g/mol. The zero-order valence-corrected chi connectivity index (χ0v) is 23.0. The van der Waals surface area contributed by atoms with Crippen LogP contribution in [0.25, 0.3) is 0 Å². The number of amides is 3. The lowest BCUT2D eigenvalue weighted by Crippen LogP contribution is -2.47. The summed E-state index contributed by atoms with van der Waals surface area (Å²) in [6, 6.07) is 6.97. The van der Waals surface area contributed by atoms with Crippen molar-refractivity contribution in [2.45, 2.75) is 77.0 Å². The summed E-state index contributed by atoms with van der Waals surface area (Å²) in [5, 5.41) is 16.9. The molecule has 0 saturated heterocycles. The SMILES string of the molecule is CC(C)(C)OC(=O)CC(COCC(=O)NCC(=O)N[C@@H](Cc1ccccc1)C(=O)O)NC(=O)CCCCCN. The molecule has 6 N–H and O–H groups in total. The Morgan fingerprint density at radius 1 is 0.949 bits per heavy atom. The minimum Gasteiger partial charge on any atom is -0.480 e. The smallest absolute Gasteiger partial charge is 0.326 e. The number of ether oxygens (including phenoxy) is 2. The fourth-order valence-electron chi connectivity index (χ4n) is 3.46. The minimum atomic E-state index is -1.20. The molecule has 0 aliphatic rings. The van der Waals surface area contributed by atoms with Gasteiger partial charge in [-0.05, 0) is 45.7 Å². The van der Waals surface area contributed by atoms with Crippen molar-refractivity contribution in [3.05, 3.63) is 35.9 Å². The molecule has 0 spiro atoms. The molecule has 1 rings (SSSR count). The molecule has 0 heterocycles. The second-order valence-corrected chi connectivity index (χ2v) is 10.1. The molecule has 1 unspecified atom stereocenters. The summed E-state index contributed by atoms with van der Waals surface area (Å²) in [5.41, 5.74) is 5.51. The molecular weight excluding hydrogens is 508 g/mol. The van der Waals surface area contributed by atoms with E-state index in [0.29, 0.717) is 13.0 Å². The van der Waals surface area contributed by atoms with Gasteiger partial charge < -0.3 is 36.3 Å². The molecular formula is C27H42N4O8. The van der Waals surface area contributed by atoms with E-state index in [9.17, 15) is 29.1 Å². The van der Waals surface area contributed by atoms with Crippen molar-refractivity contribution < 1.29 is 38.6 Å². The average Bonchev–Trinajstić information content (AvgIpc) is 2.84. The number of carbonyl (C=O) groups is 5. The molecule has 0 aliphatic carbocycles. The first-order chi connectivity index (χ1) is 18.4. The highest BCUT2D eigenvalue weighted by atomic mass is 16.6. The molecule has 1 aromatic carbocycles. The van der Waals surface area contributed by atoms with Crippen LogP contribution in [0.2, 0.25) is 0 Å². The number of esters is 1. The molecule has 39 heavy (non-hydrogen) atoms. The van der Waals surface area contributed by atoms with Gasteiger partial charge in [-0.3, -0.25) is 19.2 Å². The molecule has 0 aliphatic heterocycles. The van der Waals surface area contributed by atoms with Crippen LogP contribution in [0.4, 0.5) is 0 Å². The first-order valence-electron chi connectivity index (χ1n) is 13.0. The standard InChI is InChI=1S/C27H42N4O8/c1-27(2,3)39-25(35)15-20(30-22(32)12-8-5-9-13-28)17-38-18-24(34)29-16-23(33)31-21(26(36)37)14-19-10-6-4-7-11-19/h4,6-7,10-11,20-21H,5,8-9,12-18,28H2,1-3H3,(H,29,34)(H,30,32)(H,31,33)(H,36,37)/t20?,21-/m0/s1. The Hall–Kier alpha value is -3.51. The van der Waals surface area contributed by atoms with Crippen LogP contribution in [0.5, 0.6) is 0 Å². The van der Waals surface area contributed by atoms with Crippen molar-refractivity contribution in [3.63, 3.8) is 0 Å². The van der Waals surface area contributed by atoms with Gasteiger partial charge in [0.05, 0.1) is 25.6 Å². The number of hydrogen-bond acceptors (Lipinski definition) is 8. The highest BCUT2D eigenvalue weighted by molar-refractivity contribution is 5.88. The largest absolute Gasteiger partial charge is 0.480 e. The predicted molar refractivity (Wildman–Crippen MR) is 143 cm³/mol. The minimum absolute atomic E-state index is 0.0940. The summed E-state index contributed by atoms with van der Waals surface area (Å²) >= 11 is 0. The van der Waals surface area contributed by atoms with Crippen molar-refractivity contribution in [1.82, 2.24) is 16.0 Å². The van der Waals surface area contributed by atoms with Gasteiger partial charge in [-0.1, -0.05) is 36.8 Å². The molecule has 0 bridgehead atoms. The molecule has 0 saturated carbocycles. The van der Waals surface area contributed by atoms with E-state index in [4.69, 9.17) is 15.2 Å². The summed E-state index contributed by atoms with van der Waals surface area (Å²) in [4.78, 5) is 60.4. The number of carboxylic acids is 1. The Morgan fingerprint density at radius 3 is 2.26 bits per heavy atom. The molecule has 0 radical (unpaired) electrons. The normalized spacial score (nSPS) is 12.6. The number of rotatable bonds is 18. The predicted octanol–water partition coefficient (Wildman–Crippen LogP) is 0.667. The van der Waals surface area contributed by atoms with E-state index < -0.39 is 54.6 Å². The Kier molecular flexibility index (Phi) is 15.4. The zero-order chi connectivity index (χ0) is 29.3. The fourth-order valence-corrected chi connectivity index (χ4v) is 3.46. The van der Waals surface area contributed by atoms with Crippen LogP contribution in [0.1, 0.15) is 58.4 Å². The number of nitrogens with two attached hydrogens (primary N) is 1. The van der Waals surface area contributed by atoms with E-state index in [1.54, 1.807) is 51.1 Å². The maximum atomic E-state index is 12.3. The van der Waals surface area contributed by atoms with Crippen molar-refractivity contribution in [2.75, 3.05) is 26.3 Å². The van der Waals surface area contributed by atoms with Gasteiger partial charge in [-0.2, -0.15) is 0 Å². The van der Waals surface area contributed by atoms with Crippen LogP contribution in [0, 0.1) is 0 Å². The third-order valence-corrected chi connectivity index (χ3v) is 5.22. The number of aliphatic carboxylic acids is 1. The third kappa shape index (κ3) is 16.8. The first kappa shape index (κ1) is 33.5. The summed E-state index contributed by atoms with van der Waals surface area (Å²) in [6.45, 7) is 4.73. The number of hydrogen-bond donors (Lipinski definition) is 5. The van der Waals surface area contributed by atoms with Crippen LogP contribution in [0.3, 0.4) is 0 Å². The maximum Gasteiger partial charge on any atom is 0.326 e. The van der Waals surface area contributed by atoms with Crippen LogP contribution in [0.15, 0.2) is 30.3 Å². The molecule has 1 aromatic rings. The van der Waals surface area contributed by atoms with Crippen molar-refractivity contribution in [2.24, 2.45) is 5.73 Å². The third-order valence-electron chi connectivity index (χ3n) is 5.22. The number of nitrogens with one attached hydrogen (secondary N) is 3.